The lowest BCUT2D eigenvalue weighted by Crippen LogP contribution is -2.19. The SMILES string of the molecule is Cc1nc(N)cc(OCCN(C)C)n1. The number of likely N-dealkylation sites (N-methyl/N-ethyl adjacent to an activating group) is 1. The highest BCUT2D eigenvalue weighted by Gasteiger charge is 2.00. The van der Waals surface area contributed by atoms with Crippen LogP contribution in [0.5, 0.6) is 5.88 Å². The molecule has 1 aromatic heterocycles. The van der Waals surface area contributed by atoms with Crippen LogP contribution in [0.15, 0.2) is 6.07 Å². The molecular formula is C9H16N4O. The molecule has 0 radical (unpaired) electrons. The number of rotatable bonds is 4. The van der Waals surface area contributed by atoms with Gasteiger partial charge in [0, 0.05) is 12.6 Å². The summed E-state index contributed by atoms with van der Waals surface area (Å²) in [5, 5.41) is 0. The fourth-order valence-corrected chi connectivity index (χ4v) is 0.969. The third-order valence-electron chi connectivity index (χ3n) is 1.62. The monoisotopic (exact) mass is 196 g/mol. The molecule has 0 amide bonds. The van der Waals surface area contributed by atoms with Crippen LogP contribution in [0.4, 0.5) is 5.82 Å². The molecule has 1 rings (SSSR count). The predicted octanol–water partition coefficient (Wildman–Crippen LogP) is 0.308. The van der Waals surface area contributed by atoms with E-state index in [1.807, 2.05) is 19.0 Å². The highest BCUT2D eigenvalue weighted by molar-refractivity contribution is 5.32. The van der Waals surface area contributed by atoms with E-state index in [-0.39, 0.29) is 0 Å². The Morgan fingerprint density at radius 2 is 2.14 bits per heavy atom. The number of hydrogen-bond acceptors (Lipinski definition) is 5. The largest absolute Gasteiger partial charge is 0.476 e. The van der Waals surface area contributed by atoms with Gasteiger partial charge in [-0.3, -0.25) is 0 Å². The molecule has 0 aliphatic heterocycles. The maximum atomic E-state index is 5.55. The molecule has 78 valence electrons. The fourth-order valence-electron chi connectivity index (χ4n) is 0.969. The van der Waals surface area contributed by atoms with Crippen molar-refractivity contribution in [3.05, 3.63) is 11.9 Å². The van der Waals surface area contributed by atoms with Crippen LogP contribution in [0.2, 0.25) is 0 Å². The van der Waals surface area contributed by atoms with Gasteiger partial charge in [-0.15, -0.1) is 0 Å². The van der Waals surface area contributed by atoms with Crippen molar-refractivity contribution in [2.24, 2.45) is 0 Å². The van der Waals surface area contributed by atoms with Gasteiger partial charge in [-0.2, -0.15) is 4.98 Å². The van der Waals surface area contributed by atoms with Crippen LogP contribution in [0, 0.1) is 6.92 Å². The Morgan fingerprint density at radius 3 is 2.71 bits per heavy atom. The number of nitrogens with zero attached hydrogens (tertiary/aromatic N) is 3. The second kappa shape index (κ2) is 4.76. The van der Waals surface area contributed by atoms with Gasteiger partial charge < -0.3 is 15.4 Å². The fraction of sp³-hybridized carbons (Fsp3) is 0.556. The van der Waals surface area contributed by atoms with Gasteiger partial charge in [-0.05, 0) is 21.0 Å². The molecule has 0 saturated carbocycles. The van der Waals surface area contributed by atoms with E-state index in [1.54, 1.807) is 13.0 Å². The lowest BCUT2D eigenvalue weighted by atomic mass is 10.5. The van der Waals surface area contributed by atoms with E-state index >= 15 is 0 Å². The number of anilines is 1. The first-order chi connectivity index (χ1) is 6.58. The summed E-state index contributed by atoms with van der Waals surface area (Å²) in [7, 11) is 3.98. The molecule has 0 atom stereocenters. The van der Waals surface area contributed by atoms with Crippen molar-refractivity contribution in [2.75, 3.05) is 33.0 Å². The molecule has 0 fully saturated rings. The van der Waals surface area contributed by atoms with Crippen molar-refractivity contribution in [3.8, 4) is 5.88 Å². The van der Waals surface area contributed by atoms with E-state index in [9.17, 15) is 0 Å². The zero-order valence-electron chi connectivity index (χ0n) is 8.82. The highest BCUT2D eigenvalue weighted by atomic mass is 16.5. The Balaban J connectivity index is 2.50. The number of ether oxygens (including phenoxy) is 1. The third-order valence-corrected chi connectivity index (χ3v) is 1.62. The number of aromatic nitrogens is 2. The first-order valence-corrected chi connectivity index (χ1v) is 4.46. The Labute approximate surface area is 83.9 Å². The third kappa shape index (κ3) is 3.57. The van der Waals surface area contributed by atoms with Crippen molar-refractivity contribution in [1.29, 1.82) is 0 Å². The van der Waals surface area contributed by atoms with Crippen molar-refractivity contribution < 1.29 is 4.74 Å². The predicted molar refractivity (Wildman–Crippen MR) is 55.2 cm³/mol. The normalized spacial score (nSPS) is 10.6. The summed E-state index contributed by atoms with van der Waals surface area (Å²) >= 11 is 0. The molecule has 0 aromatic carbocycles. The summed E-state index contributed by atoms with van der Waals surface area (Å²) in [4.78, 5) is 10.1. The summed E-state index contributed by atoms with van der Waals surface area (Å²) in [5.41, 5.74) is 5.55. The van der Waals surface area contributed by atoms with Crippen LogP contribution < -0.4 is 10.5 Å². The lowest BCUT2D eigenvalue weighted by molar-refractivity contribution is 0.253. The molecule has 0 bridgehead atoms. The van der Waals surface area contributed by atoms with E-state index in [1.165, 1.54) is 0 Å². The average Bonchev–Trinajstić information content (AvgIpc) is 2.01. The number of nitrogens with two attached hydrogens (primary N) is 1. The molecule has 0 unspecified atom stereocenters. The summed E-state index contributed by atoms with van der Waals surface area (Å²) in [6.07, 6.45) is 0. The van der Waals surface area contributed by atoms with Gasteiger partial charge in [-0.25, -0.2) is 4.98 Å². The second-order valence-corrected chi connectivity index (χ2v) is 3.33. The number of aryl methyl sites for hydroxylation is 1. The van der Waals surface area contributed by atoms with Crippen molar-refractivity contribution in [2.45, 2.75) is 6.92 Å². The van der Waals surface area contributed by atoms with E-state index in [2.05, 4.69) is 9.97 Å². The zero-order chi connectivity index (χ0) is 10.6. The van der Waals surface area contributed by atoms with Crippen LogP contribution in [0.25, 0.3) is 0 Å². The van der Waals surface area contributed by atoms with E-state index in [0.717, 1.165) is 6.54 Å². The average molecular weight is 196 g/mol. The van der Waals surface area contributed by atoms with E-state index in [0.29, 0.717) is 24.1 Å². The highest BCUT2D eigenvalue weighted by Crippen LogP contribution is 2.09. The van der Waals surface area contributed by atoms with Crippen molar-refractivity contribution in [3.63, 3.8) is 0 Å². The minimum atomic E-state index is 0.442. The van der Waals surface area contributed by atoms with Crippen LogP contribution in [-0.2, 0) is 0 Å². The van der Waals surface area contributed by atoms with Gasteiger partial charge in [0.15, 0.2) is 0 Å². The standard InChI is InChI=1S/C9H16N4O/c1-7-11-8(10)6-9(12-7)14-5-4-13(2)3/h6H,4-5H2,1-3H3,(H2,10,11,12). The summed E-state index contributed by atoms with van der Waals surface area (Å²) in [6, 6.07) is 1.63. The summed E-state index contributed by atoms with van der Waals surface area (Å²) in [6.45, 7) is 3.24. The quantitative estimate of drug-likeness (QED) is 0.750. The van der Waals surface area contributed by atoms with Crippen LogP contribution in [-0.4, -0.2) is 42.1 Å². The Kier molecular flexibility index (Phi) is 3.64. The molecule has 5 nitrogen and oxygen atoms in total. The maximum absolute atomic E-state index is 5.55. The molecule has 2 N–H and O–H groups in total. The Bertz CT molecular complexity index is 281. The first-order valence-electron chi connectivity index (χ1n) is 4.46. The first kappa shape index (κ1) is 10.7. The van der Waals surface area contributed by atoms with Gasteiger partial charge >= 0.3 is 0 Å². The molecule has 0 saturated heterocycles. The summed E-state index contributed by atoms with van der Waals surface area (Å²) < 4.78 is 5.41. The smallest absolute Gasteiger partial charge is 0.218 e. The topological polar surface area (TPSA) is 64.3 Å². The minimum Gasteiger partial charge on any atom is -0.476 e. The number of nitrogen functional groups attached to an aromatic ring is 1. The van der Waals surface area contributed by atoms with Crippen molar-refractivity contribution in [1.82, 2.24) is 14.9 Å². The van der Waals surface area contributed by atoms with Gasteiger partial charge in [0.05, 0.1) is 0 Å². The minimum absolute atomic E-state index is 0.442. The Hall–Kier alpha value is -1.36. The maximum Gasteiger partial charge on any atom is 0.218 e. The molecule has 0 aliphatic carbocycles. The van der Waals surface area contributed by atoms with Gasteiger partial charge in [-0.1, -0.05) is 0 Å². The van der Waals surface area contributed by atoms with Gasteiger partial charge in [0.1, 0.15) is 18.2 Å². The second-order valence-electron chi connectivity index (χ2n) is 3.33. The zero-order valence-corrected chi connectivity index (χ0v) is 8.82. The molecule has 0 aliphatic rings. The molecule has 1 aromatic rings. The van der Waals surface area contributed by atoms with Crippen molar-refractivity contribution >= 4 is 5.82 Å². The number of hydrogen-bond donors (Lipinski definition) is 1. The van der Waals surface area contributed by atoms with Gasteiger partial charge in [0.25, 0.3) is 0 Å². The van der Waals surface area contributed by atoms with Crippen LogP contribution >= 0.6 is 0 Å². The molecule has 0 spiro atoms. The van der Waals surface area contributed by atoms with E-state index < -0.39 is 0 Å². The van der Waals surface area contributed by atoms with E-state index in [4.69, 9.17) is 10.5 Å². The lowest BCUT2D eigenvalue weighted by Gasteiger charge is -2.10. The molecule has 5 heteroatoms. The molecule has 14 heavy (non-hydrogen) atoms. The molecular weight excluding hydrogens is 180 g/mol. The molecule has 1 heterocycles. The van der Waals surface area contributed by atoms with Crippen LogP contribution in [0.1, 0.15) is 5.82 Å². The van der Waals surface area contributed by atoms with Gasteiger partial charge in [0.2, 0.25) is 5.88 Å². The Morgan fingerprint density at radius 1 is 1.43 bits per heavy atom. The van der Waals surface area contributed by atoms with Crippen LogP contribution in [0.3, 0.4) is 0 Å². The summed E-state index contributed by atoms with van der Waals surface area (Å²) in [5.74, 6) is 1.61.